The highest BCUT2D eigenvalue weighted by molar-refractivity contribution is 6.11. The van der Waals surface area contributed by atoms with Gasteiger partial charge in [0, 0.05) is 32.8 Å². The molecule has 0 N–H and O–H groups in total. The lowest BCUT2D eigenvalue weighted by atomic mass is 9.97. The Morgan fingerprint density at radius 2 is 0.940 bits per heavy atom. The number of benzene rings is 7. The van der Waals surface area contributed by atoms with Crippen molar-refractivity contribution in [3.05, 3.63) is 168 Å². The fraction of sp³-hybridized carbons (Fsp3) is 0. The second-order valence-electron chi connectivity index (χ2n) is 12.4. The molecule has 0 aliphatic carbocycles. The fourth-order valence-corrected chi connectivity index (χ4v) is 7.32. The van der Waals surface area contributed by atoms with Crippen molar-refractivity contribution in [1.29, 1.82) is 15.8 Å². The lowest BCUT2D eigenvalue weighted by Gasteiger charge is -2.15. The van der Waals surface area contributed by atoms with Crippen LogP contribution in [0.15, 0.2) is 152 Å². The van der Waals surface area contributed by atoms with Gasteiger partial charge in [-0.25, -0.2) is 0 Å². The van der Waals surface area contributed by atoms with Gasteiger partial charge in [-0.15, -0.1) is 0 Å². The first-order chi connectivity index (χ1) is 24.6. The summed E-state index contributed by atoms with van der Waals surface area (Å²) >= 11 is 0. The molecule has 0 spiro atoms. The Hall–Kier alpha value is -7.39. The molecule has 0 aliphatic heterocycles. The van der Waals surface area contributed by atoms with E-state index >= 15 is 0 Å². The lowest BCUT2D eigenvalue weighted by molar-refractivity contribution is 1.18. The molecule has 0 saturated heterocycles. The van der Waals surface area contributed by atoms with Gasteiger partial charge in [-0.1, -0.05) is 78.9 Å². The average Bonchev–Trinajstić information content (AvgIpc) is 3.69. The number of nitrogens with zero attached hydrogens (tertiary/aromatic N) is 5. The zero-order valence-electron chi connectivity index (χ0n) is 26.7. The van der Waals surface area contributed by atoms with Crippen molar-refractivity contribution in [2.24, 2.45) is 0 Å². The van der Waals surface area contributed by atoms with Crippen LogP contribution in [0.1, 0.15) is 16.7 Å². The summed E-state index contributed by atoms with van der Waals surface area (Å²) in [6, 6.07) is 57.9. The Bertz CT molecular complexity index is 2960. The van der Waals surface area contributed by atoms with Crippen molar-refractivity contribution >= 4 is 43.6 Å². The quantitative estimate of drug-likeness (QED) is 0.193. The van der Waals surface area contributed by atoms with Crippen molar-refractivity contribution in [2.75, 3.05) is 0 Å². The molecule has 2 heterocycles. The molecule has 0 fully saturated rings. The van der Waals surface area contributed by atoms with Crippen molar-refractivity contribution < 1.29 is 0 Å². The maximum atomic E-state index is 9.89. The van der Waals surface area contributed by atoms with E-state index in [1.165, 1.54) is 0 Å². The van der Waals surface area contributed by atoms with E-state index < -0.39 is 0 Å². The number of para-hydroxylation sites is 2. The number of hydrogen-bond acceptors (Lipinski definition) is 3. The van der Waals surface area contributed by atoms with Crippen LogP contribution >= 0.6 is 0 Å². The Labute approximate surface area is 287 Å². The van der Waals surface area contributed by atoms with Crippen LogP contribution in [0.3, 0.4) is 0 Å². The molecule has 50 heavy (non-hydrogen) atoms. The van der Waals surface area contributed by atoms with Gasteiger partial charge in [-0.3, -0.25) is 0 Å². The third-order valence-electron chi connectivity index (χ3n) is 9.60. The Kier molecular flexibility index (Phi) is 6.56. The zero-order chi connectivity index (χ0) is 33.8. The van der Waals surface area contributed by atoms with Crippen LogP contribution in [-0.2, 0) is 0 Å². The molecule has 5 heteroatoms. The number of nitriles is 3. The minimum Gasteiger partial charge on any atom is -0.309 e. The van der Waals surface area contributed by atoms with E-state index in [0.717, 1.165) is 77.2 Å². The maximum absolute atomic E-state index is 9.89. The SMILES string of the molecule is N#Cc1ccc(-n2c3ccccc3c3ccc(C#N)cc32)c(-c2ccc(-c3cccc(-n4c5ccccc5c5cc(C#N)ccc54)c3)cc2)c1. The van der Waals surface area contributed by atoms with Crippen molar-refractivity contribution in [2.45, 2.75) is 0 Å². The van der Waals surface area contributed by atoms with Crippen LogP contribution in [0.4, 0.5) is 0 Å². The molecule has 9 aromatic rings. The van der Waals surface area contributed by atoms with Gasteiger partial charge in [0.1, 0.15) is 0 Å². The van der Waals surface area contributed by atoms with Crippen LogP contribution in [0, 0.1) is 34.0 Å². The first kappa shape index (κ1) is 28.8. The van der Waals surface area contributed by atoms with E-state index in [0.29, 0.717) is 16.7 Å². The summed E-state index contributed by atoms with van der Waals surface area (Å²) in [5, 5.41) is 33.5. The number of rotatable bonds is 4. The van der Waals surface area contributed by atoms with Crippen LogP contribution in [0.2, 0.25) is 0 Å². The highest BCUT2D eigenvalue weighted by Crippen LogP contribution is 2.38. The summed E-state index contributed by atoms with van der Waals surface area (Å²) in [5.41, 5.74) is 11.9. The highest BCUT2D eigenvalue weighted by Gasteiger charge is 2.18. The average molecular weight is 636 g/mol. The highest BCUT2D eigenvalue weighted by atomic mass is 15.0. The number of aromatic nitrogens is 2. The molecule has 0 atom stereocenters. The fourth-order valence-electron chi connectivity index (χ4n) is 7.32. The Morgan fingerprint density at radius 3 is 1.70 bits per heavy atom. The first-order valence-corrected chi connectivity index (χ1v) is 16.3. The summed E-state index contributed by atoms with van der Waals surface area (Å²) < 4.78 is 4.46. The third kappa shape index (κ3) is 4.45. The second kappa shape index (κ2) is 11.4. The van der Waals surface area contributed by atoms with Crippen molar-refractivity contribution in [1.82, 2.24) is 9.13 Å². The van der Waals surface area contributed by atoms with Crippen LogP contribution in [0.25, 0.3) is 77.2 Å². The van der Waals surface area contributed by atoms with Gasteiger partial charge in [-0.05, 0) is 89.5 Å². The van der Waals surface area contributed by atoms with E-state index in [4.69, 9.17) is 0 Å². The molecule has 0 radical (unpaired) electrons. The molecule has 0 saturated carbocycles. The third-order valence-corrected chi connectivity index (χ3v) is 9.60. The van der Waals surface area contributed by atoms with E-state index in [2.05, 4.69) is 100 Å². The Balaban J connectivity index is 1.17. The molecular weight excluding hydrogens is 611 g/mol. The summed E-state index contributed by atoms with van der Waals surface area (Å²) in [5.74, 6) is 0. The van der Waals surface area contributed by atoms with Crippen molar-refractivity contribution in [3.8, 4) is 51.8 Å². The maximum Gasteiger partial charge on any atom is 0.0992 e. The second-order valence-corrected chi connectivity index (χ2v) is 12.4. The van der Waals surface area contributed by atoms with Crippen LogP contribution < -0.4 is 0 Å². The smallest absolute Gasteiger partial charge is 0.0992 e. The van der Waals surface area contributed by atoms with Crippen LogP contribution in [0.5, 0.6) is 0 Å². The molecule has 0 unspecified atom stereocenters. The summed E-state index contributed by atoms with van der Waals surface area (Å²) in [6.07, 6.45) is 0. The largest absolute Gasteiger partial charge is 0.309 e. The van der Waals surface area contributed by atoms with E-state index in [-0.39, 0.29) is 0 Å². The molecule has 2 aromatic heterocycles. The number of fused-ring (bicyclic) bond motifs is 6. The van der Waals surface area contributed by atoms with Crippen LogP contribution in [-0.4, -0.2) is 9.13 Å². The standard InChI is InChI=1S/C45H25N5/c46-26-29-13-20-43(50-42-11-4-1-8-36(42)38-19-12-31(28-48)24-45(38)50)39(22-29)33-17-15-32(16-18-33)34-6-5-7-35(25-34)49-41-10-3-2-9-37(41)40-23-30(27-47)14-21-44(40)49/h1-25H. The minimum absolute atomic E-state index is 0.576. The molecular formula is C45H25N5. The zero-order valence-corrected chi connectivity index (χ0v) is 26.7. The monoisotopic (exact) mass is 635 g/mol. The van der Waals surface area contributed by atoms with Gasteiger partial charge < -0.3 is 9.13 Å². The van der Waals surface area contributed by atoms with Gasteiger partial charge in [0.05, 0.1) is 62.7 Å². The van der Waals surface area contributed by atoms with E-state index in [1.54, 1.807) is 0 Å². The topological polar surface area (TPSA) is 81.2 Å². The van der Waals surface area contributed by atoms with Gasteiger partial charge in [0.25, 0.3) is 0 Å². The molecule has 9 rings (SSSR count). The van der Waals surface area contributed by atoms with Gasteiger partial charge in [0.15, 0.2) is 0 Å². The van der Waals surface area contributed by atoms with Gasteiger partial charge >= 0.3 is 0 Å². The first-order valence-electron chi connectivity index (χ1n) is 16.3. The molecule has 230 valence electrons. The Morgan fingerprint density at radius 1 is 0.360 bits per heavy atom. The van der Waals surface area contributed by atoms with E-state index in [9.17, 15) is 15.8 Å². The molecule has 5 nitrogen and oxygen atoms in total. The van der Waals surface area contributed by atoms with Gasteiger partial charge in [0.2, 0.25) is 0 Å². The molecule has 7 aromatic carbocycles. The summed E-state index contributed by atoms with van der Waals surface area (Å²) in [6.45, 7) is 0. The predicted molar refractivity (Wildman–Crippen MR) is 200 cm³/mol. The van der Waals surface area contributed by atoms with Crippen molar-refractivity contribution in [3.63, 3.8) is 0 Å². The lowest BCUT2D eigenvalue weighted by Crippen LogP contribution is -1.98. The summed E-state index contributed by atoms with van der Waals surface area (Å²) in [4.78, 5) is 0. The molecule has 0 bridgehead atoms. The number of hydrogen-bond donors (Lipinski definition) is 0. The normalized spacial score (nSPS) is 11.1. The predicted octanol–water partition coefficient (Wildman–Crippen LogP) is 10.8. The van der Waals surface area contributed by atoms with E-state index in [1.807, 2.05) is 78.9 Å². The summed E-state index contributed by atoms with van der Waals surface area (Å²) in [7, 11) is 0. The molecule has 0 amide bonds. The molecule has 0 aliphatic rings. The van der Waals surface area contributed by atoms with Gasteiger partial charge in [-0.2, -0.15) is 15.8 Å². The minimum atomic E-state index is 0.576.